The van der Waals surface area contributed by atoms with Gasteiger partial charge in [0.05, 0.1) is 0 Å². The lowest BCUT2D eigenvalue weighted by atomic mass is 10.4. The molecule has 4 N–H and O–H groups in total. The number of nitrogens with one attached hydrogen (secondary N) is 2. The fourth-order valence-corrected chi connectivity index (χ4v) is 2.24. The molecule has 0 saturated heterocycles. The van der Waals surface area contributed by atoms with Gasteiger partial charge < -0.3 is 10.2 Å². The average Bonchev–Trinajstić information content (AvgIpc) is 2.40. The van der Waals surface area contributed by atoms with Crippen molar-refractivity contribution in [3.05, 3.63) is 0 Å². The topological polar surface area (TPSA) is 92.0 Å². The number of hydrogen-bond donors (Lipinski definition) is 3. The predicted molar refractivity (Wildman–Crippen MR) is 82.7 cm³/mol. The number of nitrogen functional groups attached to an aromatic ring is 1. The van der Waals surface area contributed by atoms with Crippen LogP contribution in [0.15, 0.2) is 0 Å². The Bertz CT molecular complexity index is 383. The smallest absolute Gasteiger partial charge is 0.243 e. The third-order valence-electron chi connectivity index (χ3n) is 2.59. The van der Waals surface area contributed by atoms with E-state index in [1.54, 1.807) is 11.8 Å². The van der Waals surface area contributed by atoms with Crippen LogP contribution in [-0.4, -0.2) is 46.1 Å². The lowest BCUT2D eigenvalue weighted by Gasteiger charge is -2.20. The van der Waals surface area contributed by atoms with Crippen molar-refractivity contribution < 1.29 is 0 Å². The molecule has 0 fully saturated rings. The van der Waals surface area contributed by atoms with Gasteiger partial charge in [-0.25, -0.2) is 5.84 Å². The molecular weight excluding hydrogens is 262 g/mol. The molecule has 0 aliphatic carbocycles. The van der Waals surface area contributed by atoms with Crippen LogP contribution in [0.25, 0.3) is 0 Å². The van der Waals surface area contributed by atoms with Gasteiger partial charge in [0.2, 0.25) is 17.8 Å². The standard InChI is InChI=1S/C11H23N7S/c1-5-18(6-2)11-15-9(13-8(3)7-19-4)14-10(16-11)17-12/h8H,5-7,12H2,1-4H3,(H2,13,14,15,16,17). The van der Waals surface area contributed by atoms with Crippen molar-refractivity contribution in [1.29, 1.82) is 0 Å². The van der Waals surface area contributed by atoms with E-state index in [0.717, 1.165) is 18.8 Å². The number of rotatable bonds is 8. The van der Waals surface area contributed by atoms with Crippen LogP contribution in [0, 0.1) is 0 Å². The Morgan fingerprint density at radius 1 is 1.21 bits per heavy atom. The summed E-state index contributed by atoms with van der Waals surface area (Å²) in [5, 5.41) is 3.26. The van der Waals surface area contributed by atoms with Crippen LogP contribution >= 0.6 is 11.8 Å². The number of nitrogens with zero attached hydrogens (tertiary/aromatic N) is 4. The molecule has 0 amide bonds. The van der Waals surface area contributed by atoms with Gasteiger partial charge in [0.1, 0.15) is 0 Å². The monoisotopic (exact) mass is 285 g/mol. The molecule has 7 nitrogen and oxygen atoms in total. The first-order chi connectivity index (χ1) is 9.14. The first kappa shape index (κ1) is 15.8. The Morgan fingerprint density at radius 2 is 1.84 bits per heavy atom. The second-order valence-corrected chi connectivity index (χ2v) is 5.01. The van der Waals surface area contributed by atoms with Crippen molar-refractivity contribution in [3.8, 4) is 0 Å². The Balaban J connectivity index is 2.94. The van der Waals surface area contributed by atoms with E-state index in [2.05, 4.69) is 52.7 Å². The maximum Gasteiger partial charge on any atom is 0.243 e. The van der Waals surface area contributed by atoms with Gasteiger partial charge in [0, 0.05) is 24.9 Å². The number of aromatic nitrogens is 3. The SMILES string of the molecule is CCN(CC)c1nc(NN)nc(NC(C)CSC)n1. The molecule has 0 aliphatic rings. The lowest BCUT2D eigenvalue weighted by molar-refractivity contribution is 0.804. The van der Waals surface area contributed by atoms with Gasteiger partial charge in [-0.2, -0.15) is 26.7 Å². The molecule has 0 aliphatic heterocycles. The van der Waals surface area contributed by atoms with Crippen LogP contribution in [0.4, 0.5) is 17.8 Å². The third-order valence-corrected chi connectivity index (χ3v) is 3.42. The normalized spacial score (nSPS) is 12.1. The first-order valence-corrected chi connectivity index (χ1v) is 7.77. The van der Waals surface area contributed by atoms with Crippen molar-refractivity contribution in [2.24, 2.45) is 5.84 Å². The second kappa shape index (κ2) is 8.00. The quantitative estimate of drug-likeness (QED) is 0.484. The zero-order valence-electron chi connectivity index (χ0n) is 12.0. The van der Waals surface area contributed by atoms with E-state index in [1.807, 2.05) is 4.90 Å². The number of nitrogens with two attached hydrogens (primary N) is 1. The first-order valence-electron chi connectivity index (χ1n) is 6.37. The molecule has 0 aromatic carbocycles. The van der Waals surface area contributed by atoms with Gasteiger partial charge >= 0.3 is 0 Å². The summed E-state index contributed by atoms with van der Waals surface area (Å²) in [6.45, 7) is 7.89. The molecule has 1 heterocycles. The van der Waals surface area contributed by atoms with E-state index in [-0.39, 0.29) is 6.04 Å². The highest BCUT2D eigenvalue weighted by Gasteiger charge is 2.12. The Labute approximate surface area is 118 Å². The minimum Gasteiger partial charge on any atom is -0.351 e. The van der Waals surface area contributed by atoms with Gasteiger partial charge in [-0.15, -0.1) is 0 Å². The zero-order chi connectivity index (χ0) is 14.3. The van der Waals surface area contributed by atoms with Gasteiger partial charge in [-0.3, -0.25) is 5.43 Å². The molecule has 0 spiro atoms. The molecule has 1 rings (SSSR count). The van der Waals surface area contributed by atoms with E-state index in [0.29, 0.717) is 17.8 Å². The molecule has 0 radical (unpaired) electrons. The predicted octanol–water partition coefficient (Wildman–Crippen LogP) is 1.17. The minimum absolute atomic E-state index is 0.285. The number of anilines is 3. The average molecular weight is 285 g/mol. The molecule has 8 heteroatoms. The van der Waals surface area contributed by atoms with E-state index >= 15 is 0 Å². The third kappa shape index (κ3) is 4.71. The fraction of sp³-hybridized carbons (Fsp3) is 0.727. The Morgan fingerprint density at radius 3 is 2.37 bits per heavy atom. The van der Waals surface area contributed by atoms with Crippen LogP contribution in [-0.2, 0) is 0 Å². The summed E-state index contributed by atoms with van der Waals surface area (Å²) in [6.07, 6.45) is 2.07. The van der Waals surface area contributed by atoms with Crippen molar-refractivity contribution in [2.75, 3.05) is 40.7 Å². The summed E-state index contributed by atoms with van der Waals surface area (Å²) in [7, 11) is 0. The van der Waals surface area contributed by atoms with Crippen LogP contribution in [0.5, 0.6) is 0 Å². The summed E-state index contributed by atoms with van der Waals surface area (Å²) in [5.74, 6) is 7.94. The van der Waals surface area contributed by atoms with Crippen molar-refractivity contribution in [2.45, 2.75) is 26.8 Å². The molecule has 0 bridgehead atoms. The van der Waals surface area contributed by atoms with Crippen molar-refractivity contribution in [3.63, 3.8) is 0 Å². The Kier molecular flexibility index (Phi) is 6.65. The summed E-state index contributed by atoms with van der Waals surface area (Å²) < 4.78 is 0. The van der Waals surface area contributed by atoms with E-state index < -0.39 is 0 Å². The van der Waals surface area contributed by atoms with Crippen LogP contribution in [0.3, 0.4) is 0 Å². The molecule has 1 aromatic rings. The molecule has 19 heavy (non-hydrogen) atoms. The number of hydrogen-bond acceptors (Lipinski definition) is 8. The lowest BCUT2D eigenvalue weighted by Crippen LogP contribution is -2.27. The van der Waals surface area contributed by atoms with Gasteiger partial charge in [-0.05, 0) is 27.0 Å². The molecule has 1 unspecified atom stereocenters. The summed E-state index contributed by atoms with van der Waals surface area (Å²) in [6, 6.07) is 0.285. The van der Waals surface area contributed by atoms with Crippen LogP contribution in [0.1, 0.15) is 20.8 Å². The van der Waals surface area contributed by atoms with Gasteiger partial charge in [0.15, 0.2) is 0 Å². The van der Waals surface area contributed by atoms with Gasteiger partial charge in [0.25, 0.3) is 0 Å². The largest absolute Gasteiger partial charge is 0.351 e. The molecule has 1 aromatic heterocycles. The van der Waals surface area contributed by atoms with E-state index in [9.17, 15) is 0 Å². The van der Waals surface area contributed by atoms with Crippen molar-refractivity contribution >= 4 is 29.6 Å². The van der Waals surface area contributed by atoms with E-state index in [1.165, 1.54) is 0 Å². The number of thioether (sulfide) groups is 1. The minimum atomic E-state index is 0.285. The summed E-state index contributed by atoms with van der Waals surface area (Å²) in [5.41, 5.74) is 2.48. The van der Waals surface area contributed by atoms with Crippen LogP contribution < -0.4 is 21.5 Å². The highest BCUT2D eigenvalue weighted by atomic mass is 32.2. The molecule has 0 saturated carbocycles. The fourth-order valence-electron chi connectivity index (χ4n) is 1.65. The highest BCUT2D eigenvalue weighted by Crippen LogP contribution is 2.14. The maximum atomic E-state index is 5.41. The molecule has 1 atom stereocenters. The maximum absolute atomic E-state index is 5.41. The Hall–Kier alpha value is -1.28. The molecule has 108 valence electrons. The van der Waals surface area contributed by atoms with Crippen LogP contribution in [0.2, 0.25) is 0 Å². The van der Waals surface area contributed by atoms with Gasteiger partial charge in [-0.1, -0.05) is 0 Å². The second-order valence-electron chi connectivity index (χ2n) is 4.10. The number of hydrazine groups is 1. The summed E-state index contributed by atoms with van der Waals surface area (Å²) in [4.78, 5) is 15.0. The zero-order valence-corrected chi connectivity index (χ0v) is 12.8. The van der Waals surface area contributed by atoms with E-state index in [4.69, 9.17) is 5.84 Å². The molecular formula is C11H23N7S. The highest BCUT2D eigenvalue weighted by molar-refractivity contribution is 7.98. The summed E-state index contributed by atoms with van der Waals surface area (Å²) >= 11 is 1.77. The van der Waals surface area contributed by atoms with Crippen molar-refractivity contribution in [1.82, 2.24) is 15.0 Å².